The molecule has 25 heavy (non-hydrogen) atoms. The lowest BCUT2D eigenvalue weighted by atomic mass is 10.00. The third kappa shape index (κ3) is 5.73. The smallest absolute Gasteiger partial charge is 0.239 e. The normalized spacial score (nSPS) is 22.4. The van der Waals surface area contributed by atoms with Crippen LogP contribution in [-0.4, -0.2) is 42.5 Å². The van der Waals surface area contributed by atoms with E-state index in [4.69, 9.17) is 5.73 Å². The van der Waals surface area contributed by atoms with Crippen molar-refractivity contribution in [3.8, 4) is 0 Å². The minimum absolute atomic E-state index is 0. The molecular formula is C16H25Cl2N5O2. The van der Waals surface area contributed by atoms with Crippen LogP contribution < -0.4 is 21.3 Å². The largest absolute Gasteiger partial charge is 0.353 e. The highest BCUT2D eigenvalue weighted by Crippen LogP contribution is 2.27. The predicted octanol–water partition coefficient (Wildman–Crippen LogP) is 1.32. The topological polar surface area (TPSA) is 100 Å². The highest BCUT2D eigenvalue weighted by atomic mass is 35.5. The van der Waals surface area contributed by atoms with Gasteiger partial charge in [0.05, 0.1) is 18.4 Å². The van der Waals surface area contributed by atoms with E-state index in [0.717, 1.165) is 31.6 Å². The van der Waals surface area contributed by atoms with Gasteiger partial charge in [-0.2, -0.15) is 0 Å². The highest BCUT2D eigenvalue weighted by Gasteiger charge is 2.26. The number of nitrogens with zero attached hydrogens (tertiary/aromatic N) is 2. The number of amides is 2. The molecule has 0 spiro atoms. The van der Waals surface area contributed by atoms with E-state index in [1.54, 1.807) is 6.20 Å². The SMILES string of the molecule is Cl.Cl.N[C@@H]1CCC[C@H]1CC(=O)Nc1ccc(N2CCNC(=O)C2)nc1. The summed E-state index contributed by atoms with van der Waals surface area (Å²) >= 11 is 0. The Hall–Kier alpha value is -1.57. The predicted molar refractivity (Wildman–Crippen MR) is 103 cm³/mol. The number of hydrogen-bond acceptors (Lipinski definition) is 5. The van der Waals surface area contributed by atoms with Gasteiger partial charge < -0.3 is 21.3 Å². The number of hydrogen-bond donors (Lipinski definition) is 3. The van der Waals surface area contributed by atoms with E-state index in [-0.39, 0.29) is 48.6 Å². The lowest BCUT2D eigenvalue weighted by Gasteiger charge is -2.27. The fourth-order valence-electron chi connectivity index (χ4n) is 3.25. The van der Waals surface area contributed by atoms with E-state index in [1.165, 1.54) is 0 Å². The van der Waals surface area contributed by atoms with E-state index in [2.05, 4.69) is 15.6 Å². The van der Waals surface area contributed by atoms with E-state index in [0.29, 0.717) is 25.2 Å². The van der Waals surface area contributed by atoms with Crippen molar-refractivity contribution in [1.29, 1.82) is 0 Å². The van der Waals surface area contributed by atoms with Crippen molar-refractivity contribution in [3.63, 3.8) is 0 Å². The summed E-state index contributed by atoms with van der Waals surface area (Å²) in [6, 6.07) is 3.79. The third-order valence-electron chi connectivity index (χ3n) is 4.56. The molecule has 9 heteroatoms. The van der Waals surface area contributed by atoms with Gasteiger partial charge >= 0.3 is 0 Å². The first-order valence-electron chi connectivity index (χ1n) is 8.15. The molecule has 2 heterocycles. The van der Waals surface area contributed by atoms with Gasteiger partial charge in [0.1, 0.15) is 5.82 Å². The Bertz CT molecular complexity index is 584. The van der Waals surface area contributed by atoms with Gasteiger partial charge in [-0.15, -0.1) is 24.8 Å². The fraction of sp³-hybridized carbons (Fsp3) is 0.562. The second kappa shape index (κ2) is 9.79. The molecule has 1 aliphatic heterocycles. The number of carbonyl (C=O) groups is 2. The molecule has 0 radical (unpaired) electrons. The Morgan fingerprint density at radius 2 is 2.16 bits per heavy atom. The van der Waals surface area contributed by atoms with E-state index in [1.807, 2.05) is 17.0 Å². The lowest BCUT2D eigenvalue weighted by molar-refractivity contribution is -0.120. The number of nitrogens with two attached hydrogens (primary N) is 1. The van der Waals surface area contributed by atoms with Gasteiger partial charge in [-0.05, 0) is 30.9 Å². The fourth-order valence-corrected chi connectivity index (χ4v) is 3.25. The van der Waals surface area contributed by atoms with Crippen molar-refractivity contribution in [3.05, 3.63) is 18.3 Å². The van der Waals surface area contributed by atoms with Crippen molar-refractivity contribution in [2.45, 2.75) is 31.7 Å². The Morgan fingerprint density at radius 1 is 1.36 bits per heavy atom. The average Bonchev–Trinajstić information content (AvgIpc) is 2.93. The number of anilines is 2. The second-order valence-electron chi connectivity index (χ2n) is 6.28. The highest BCUT2D eigenvalue weighted by molar-refractivity contribution is 5.91. The molecule has 140 valence electrons. The molecule has 2 aliphatic rings. The van der Waals surface area contributed by atoms with Gasteiger partial charge in [-0.25, -0.2) is 4.98 Å². The van der Waals surface area contributed by atoms with Crippen LogP contribution in [-0.2, 0) is 9.59 Å². The van der Waals surface area contributed by atoms with E-state index >= 15 is 0 Å². The van der Waals surface area contributed by atoms with Crippen molar-refractivity contribution >= 4 is 48.1 Å². The first-order valence-corrected chi connectivity index (χ1v) is 8.15. The van der Waals surface area contributed by atoms with Gasteiger partial charge in [0, 0.05) is 25.6 Å². The molecule has 1 aromatic rings. The van der Waals surface area contributed by atoms with Crippen LogP contribution in [0.25, 0.3) is 0 Å². The summed E-state index contributed by atoms with van der Waals surface area (Å²) in [6.45, 7) is 1.68. The molecule has 0 unspecified atom stereocenters. The van der Waals surface area contributed by atoms with Crippen LogP contribution in [0.3, 0.4) is 0 Å². The molecule has 1 saturated carbocycles. The summed E-state index contributed by atoms with van der Waals surface area (Å²) in [5.74, 6) is 1.02. The maximum absolute atomic E-state index is 12.1. The first-order chi connectivity index (χ1) is 11.1. The lowest BCUT2D eigenvalue weighted by Crippen LogP contribution is -2.48. The average molecular weight is 390 g/mol. The number of carbonyl (C=O) groups excluding carboxylic acids is 2. The maximum atomic E-state index is 12.1. The van der Waals surface area contributed by atoms with Crippen molar-refractivity contribution in [2.24, 2.45) is 11.7 Å². The first kappa shape index (κ1) is 21.5. The quantitative estimate of drug-likeness (QED) is 0.720. The Balaban J connectivity index is 0.00000156. The monoisotopic (exact) mass is 389 g/mol. The standard InChI is InChI=1S/C16H23N5O2.2ClH/c17-13-3-1-2-11(13)8-15(22)20-12-4-5-14(19-9-12)21-7-6-18-16(23)10-21;;/h4-5,9,11,13H,1-3,6-8,10,17H2,(H,18,23)(H,20,22);2*1H/t11-,13+;;/m0../s1. The van der Waals surface area contributed by atoms with Crippen molar-refractivity contribution < 1.29 is 9.59 Å². The zero-order valence-electron chi connectivity index (χ0n) is 13.9. The zero-order valence-corrected chi connectivity index (χ0v) is 15.6. The molecule has 0 aromatic carbocycles. The number of aromatic nitrogens is 1. The minimum Gasteiger partial charge on any atom is -0.353 e. The Morgan fingerprint density at radius 3 is 2.76 bits per heavy atom. The van der Waals surface area contributed by atoms with Crippen LogP contribution in [0.1, 0.15) is 25.7 Å². The van der Waals surface area contributed by atoms with E-state index in [9.17, 15) is 9.59 Å². The molecule has 2 fully saturated rings. The maximum Gasteiger partial charge on any atom is 0.239 e. The summed E-state index contributed by atoms with van der Waals surface area (Å²) < 4.78 is 0. The van der Waals surface area contributed by atoms with Crippen LogP contribution in [0.15, 0.2) is 18.3 Å². The number of nitrogens with one attached hydrogen (secondary N) is 2. The molecule has 1 aliphatic carbocycles. The van der Waals surface area contributed by atoms with Gasteiger partial charge in [-0.1, -0.05) is 6.42 Å². The molecule has 0 bridgehead atoms. The number of rotatable bonds is 4. The van der Waals surface area contributed by atoms with Gasteiger partial charge in [-0.3, -0.25) is 9.59 Å². The second-order valence-corrected chi connectivity index (χ2v) is 6.28. The molecule has 3 rings (SSSR count). The number of halogens is 2. The number of pyridine rings is 1. The third-order valence-corrected chi connectivity index (χ3v) is 4.56. The summed E-state index contributed by atoms with van der Waals surface area (Å²) in [7, 11) is 0. The zero-order chi connectivity index (χ0) is 16.2. The molecule has 2 atom stereocenters. The molecule has 4 N–H and O–H groups in total. The minimum atomic E-state index is -0.0146. The molecule has 7 nitrogen and oxygen atoms in total. The summed E-state index contributed by atoms with van der Waals surface area (Å²) in [4.78, 5) is 29.8. The van der Waals surface area contributed by atoms with Crippen LogP contribution in [0.5, 0.6) is 0 Å². The van der Waals surface area contributed by atoms with Crippen molar-refractivity contribution in [2.75, 3.05) is 29.9 Å². The number of piperazine rings is 1. The Labute approximate surface area is 159 Å². The van der Waals surface area contributed by atoms with Gasteiger partial charge in [0.25, 0.3) is 0 Å². The Kier molecular flexibility index (Phi) is 8.41. The van der Waals surface area contributed by atoms with Crippen molar-refractivity contribution in [1.82, 2.24) is 10.3 Å². The summed E-state index contributed by atoms with van der Waals surface area (Å²) in [5, 5.41) is 5.65. The molecule has 1 aromatic heterocycles. The van der Waals surface area contributed by atoms with E-state index < -0.39 is 0 Å². The van der Waals surface area contributed by atoms with Crippen LogP contribution in [0.4, 0.5) is 11.5 Å². The van der Waals surface area contributed by atoms with Crippen LogP contribution >= 0.6 is 24.8 Å². The molecule has 2 amide bonds. The summed E-state index contributed by atoms with van der Waals surface area (Å²) in [6.07, 6.45) is 5.25. The molecule has 1 saturated heterocycles. The van der Waals surface area contributed by atoms with Crippen LogP contribution in [0, 0.1) is 5.92 Å². The molecular weight excluding hydrogens is 365 g/mol. The van der Waals surface area contributed by atoms with Gasteiger partial charge in [0.2, 0.25) is 11.8 Å². The summed E-state index contributed by atoms with van der Waals surface area (Å²) in [5.41, 5.74) is 6.68. The van der Waals surface area contributed by atoms with Gasteiger partial charge in [0.15, 0.2) is 0 Å². The van der Waals surface area contributed by atoms with Crippen LogP contribution in [0.2, 0.25) is 0 Å².